The molecule has 2 fully saturated rings. The van der Waals surface area contributed by atoms with Crippen molar-refractivity contribution in [2.24, 2.45) is 5.92 Å². The first-order chi connectivity index (χ1) is 16.3. The molecule has 0 saturated carbocycles. The highest BCUT2D eigenvalue weighted by molar-refractivity contribution is 7.92. The van der Waals surface area contributed by atoms with E-state index in [1.807, 2.05) is 25.3 Å². The van der Waals surface area contributed by atoms with Crippen LogP contribution >= 0.6 is 0 Å². The summed E-state index contributed by atoms with van der Waals surface area (Å²) < 4.78 is 26.6. The number of anilines is 1. The molecule has 12 heteroatoms. The van der Waals surface area contributed by atoms with Crippen molar-refractivity contribution >= 4 is 32.7 Å². The third kappa shape index (κ3) is 3.79. The molecule has 0 spiro atoms. The number of aromatic nitrogens is 6. The molecule has 5 heterocycles. The quantitative estimate of drug-likeness (QED) is 0.551. The maximum absolute atomic E-state index is 13.3. The minimum Gasteiger partial charge on any atom is -0.356 e. The molecular formula is C22H28N8O3S. The van der Waals surface area contributed by atoms with E-state index in [1.54, 1.807) is 17.3 Å². The van der Waals surface area contributed by atoms with Crippen LogP contribution in [0.15, 0.2) is 18.7 Å². The molecule has 3 aromatic rings. The second-order valence-corrected chi connectivity index (χ2v) is 11.2. The zero-order chi connectivity index (χ0) is 24.0. The maximum Gasteiger partial charge on any atom is 0.245 e. The number of amides is 1. The van der Waals surface area contributed by atoms with E-state index in [0.717, 1.165) is 5.56 Å². The standard InChI is InChI=1S/C22H28N8O3S/c1-4-16(22(31)29-10-14-6-7-34(32,33)17(14)11-29)27-19-18-21(26-12-25-19)30(5-2)20(28-18)15-8-23-13(3)24-9-15/h8-9,12,14,16-17H,4-7,10-11H2,1-3H3,(H,25,26,27)/t14-,16-,17+/m1/s1. The lowest BCUT2D eigenvalue weighted by molar-refractivity contribution is -0.131. The summed E-state index contributed by atoms with van der Waals surface area (Å²) in [6.45, 7) is 7.14. The Morgan fingerprint density at radius 2 is 1.94 bits per heavy atom. The normalized spacial score (nSPS) is 22.1. The van der Waals surface area contributed by atoms with Crippen LogP contribution in [0.5, 0.6) is 0 Å². The van der Waals surface area contributed by atoms with Crippen molar-refractivity contribution in [2.45, 2.75) is 51.4 Å². The van der Waals surface area contributed by atoms with Gasteiger partial charge in [-0.2, -0.15) is 0 Å². The summed E-state index contributed by atoms with van der Waals surface area (Å²) in [6, 6.07) is -0.544. The van der Waals surface area contributed by atoms with Crippen molar-refractivity contribution in [3.05, 3.63) is 24.5 Å². The molecule has 180 valence electrons. The topological polar surface area (TPSA) is 136 Å². The molecule has 0 bridgehead atoms. The van der Waals surface area contributed by atoms with Crippen molar-refractivity contribution < 1.29 is 13.2 Å². The molecular weight excluding hydrogens is 456 g/mol. The Morgan fingerprint density at radius 1 is 1.18 bits per heavy atom. The van der Waals surface area contributed by atoms with E-state index < -0.39 is 21.1 Å². The van der Waals surface area contributed by atoms with Gasteiger partial charge in [-0.3, -0.25) is 4.79 Å². The van der Waals surface area contributed by atoms with E-state index in [4.69, 9.17) is 4.98 Å². The van der Waals surface area contributed by atoms with Crippen LogP contribution in [0.25, 0.3) is 22.6 Å². The molecule has 2 aliphatic rings. The SMILES string of the molecule is CC[C@@H](Nc1ncnc2c1nc(-c1cnc(C)nc1)n2CC)C(=O)N1C[C@H]2CCS(=O)(=O)[C@H]2C1. The number of hydrogen-bond acceptors (Lipinski definition) is 9. The molecule has 3 aromatic heterocycles. The number of likely N-dealkylation sites (tertiary alicyclic amines) is 1. The predicted molar refractivity (Wildman–Crippen MR) is 127 cm³/mol. The summed E-state index contributed by atoms with van der Waals surface area (Å²) in [5.74, 6) is 1.98. The van der Waals surface area contributed by atoms with Gasteiger partial charge in [-0.1, -0.05) is 6.92 Å². The fourth-order valence-corrected chi connectivity index (χ4v) is 7.12. The fourth-order valence-electron chi connectivity index (χ4n) is 4.97. The molecule has 0 aromatic carbocycles. The smallest absolute Gasteiger partial charge is 0.245 e. The van der Waals surface area contributed by atoms with Crippen LogP contribution in [0, 0.1) is 12.8 Å². The Bertz CT molecular complexity index is 1340. The number of carbonyl (C=O) groups excluding carboxylic acids is 1. The largest absolute Gasteiger partial charge is 0.356 e. The molecule has 5 rings (SSSR count). The molecule has 3 atom stereocenters. The lowest BCUT2D eigenvalue weighted by Crippen LogP contribution is -2.42. The van der Waals surface area contributed by atoms with Gasteiger partial charge in [-0.15, -0.1) is 0 Å². The summed E-state index contributed by atoms with van der Waals surface area (Å²) in [4.78, 5) is 37.2. The molecule has 2 aliphatic heterocycles. The van der Waals surface area contributed by atoms with Crippen molar-refractivity contribution in [3.8, 4) is 11.4 Å². The van der Waals surface area contributed by atoms with Crippen molar-refractivity contribution in [1.29, 1.82) is 0 Å². The Morgan fingerprint density at radius 3 is 2.62 bits per heavy atom. The fraction of sp³-hybridized carbons (Fsp3) is 0.545. The van der Waals surface area contributed by atoms with Crippen LogP contribution in [0.2, 0.25) is 0 Å². The summed E-state index contributed by atoms with van der Waals surface area (Å²) in [7, 11) is -3.10. The molecule has 0 unspecified atom stereocenters. The van der Waals surface area contributed by atoms with E-state index in [2.05, 4.69) is 25.3 Å². The number of imidazole rings is 1. The maximum atomic E-state index is 13.3. The monoisotopic (exact) mass is 484 g/mol. The molecule has 11 nitrogen and oxygen atoms in total. The Balaban J connectivity index is 1.43. The van der Waals surface area contributed by atoms with Gasteiger partial charge < -0.3 is 14.8 Å². The average molecular weight is 485 g/mol. The lowest BCUT2D eigenvalue weighted by atomic mass is 10.1. The second kappa shape index (κ2) is 8.57. The first-order valence-electron chi connectivity index (χ1n) is 11.6. The minimum absolute atomic E-state index is 0.0387. The van der Waals surface area contributed by atoms with Gasteiger partial charge in [0.2, 0.25) is 5.91 Å². The van der Waals surface area contributed by atoms with E-state index in [-0.39, 0.29) is 24.1 Å². The van der Waals surface area contributed by atoms with Crippen LogP contribution in [-0.2, 0) is 21.2 Å². The number of hydrogen-bond donors (Lipinski definition) is 1. The van der Waals surface area contributed by atoms with Crippen LogP contribution in [0.4, 0.5) is 5.82 Å². The highest BCUT2D eigenvalue weighted by Crippen LogP contribution is 2.34. The van der Waals surface area contributed by atoms with Gasteiger partial charge in [0.1, 0.15) is 24.0 Å². The van der Waals surface area contributed by atoms with Crippen LogP contribution in [0.3, 0.4) is 0 Å². The second-order valence-electron chi connectivity index (χ2n) is 8.90. The molecule has 2 saturated heterocycles. The molecule has 1 N–H and O–H groups in total. The third-order valence-electron chi connectivity index (χ3n) is 6.83. The van der Waals surface area contributed by atoms with Gasteiger partial charge in [0.25, 0.3) is 0 Å². The molecule has 0 aliphatic carbocycles. The first kappa shape index (κ1) is 22.6. The Kier molecular flexibility index (Phi) is 5.70. The number of aryl methyl sites for hydroxylation is 2. The van der Waals surface area contributed by atoms with E-state index in [9.17, 15) is 13.2 Å². The molecule has 1 amide bonds. The van der Waals surface area contributed by atoms with Crippen LogP contribution < -0.4 is 5.32 Å². The first-order valence-corrected chi connectivity index (χ1v) is 13.3. The van der Waals surface area contributed by atoms with E-state index in [1.165, 1.54) is 6.33 Å². The van der Waals surface area contributed by atoms with Crippen molar-refractivity contribution in [3.63, 3.8) is 0 Å². The summed E-state index contributed by atoms with van der Waals surface area (Å²) in [6.07, 6.45) is 6.07. The minimum atomic E-state index is -3.10. The zero-order valence-corrected chi connectivity index (χ0v) is 20.3. The summed E-state index contributed by atoms with van der Waals surface area (Å²) >= 11 is 0. The number of nitrogens with one attached hydrogen (secondary N) is 1. The van der Waals surface area contributed by atoms with Gasteiger partial charge in [-0.25, -0.2) is 33.3 Å². The highest BCUT2D eigenvalue weighted by atomic mass is 32.2. The van der Waals surface area contributed by atoms with Crippen molar-refractivity contribution in [2.75, 3.05) is 24.2 Å². The van der Waals surface area contributed by atoms with Gasteiger partial charge in [0.05, 0.1) is 16.6 Å². The summed E-state index contributed by atoms with van der Waals surface area (Å²) in [5.41, 5.74) is 1.98. The Labute approximate surface area is 198 Å². The number of sulfone groups is 1. The number of nitrogens with zero attached hydrogens (tertiary/aromatic N) is 7. The number of fused-ring (bicyclic) bond motifs is 2. The lowest BCUT2D eigenvalue weighted by Gasteiger charge is -2.24. The molecule has 34 heavy (non-hydrogen) atoms. The highest BCUT2D eigenvalue weighted by Gasteiger charge is 2.48. The van der Waals surface area contributed by atoms with Crippen molar-refractivity contribution in [1.82, 2.24) is 34.4 Å². The van der Waals surface area contributed by atoms with E-state index in [0.29, 0.717) is 54.6 Å². The zero-order valence-electron chi connectivity index (χ0n) is 19.5. The van der Waals surface area contributed by atoms with Gasteiger partial charge in [0.15, 0.2) is 26.8 Å². The van der Waals surface area contributed by atoms with Gasteiger partial charge >= 0.3 is 0 Å². The number of rotatable bonds is 6. The average Bonchev–Trinajstić information content (AvgIpc) is 3.50. The predicted octanol–water partition coefficient (Wildman–Crippen LogP) is 1.45. The number of carbonyl (C=O) groups is 1. The van der Waals surface area contributed by atoms with Crippen LogP contribution in [0.1, 0.15) is 32.5 Å². The van der Waals surface area contributed by atoms with E-state index >= 15 is 0 Å². The van der Waals surface area contributed by atoms with Gasteiger partial charge in [0, 0.05) is 32.0 Å². The van der Waals surface area contributed by atoms with Gasteiger partial charge in [-0.05, 0) is 32.6 Å². The van der Waals surface area contributed by atoms with Crippen LogP contribution in [-0.4, -0.2) is 78.8 Å². The molecule has 0 radical (unpaired) electrons. The summed E-state index contributed by atoms with van der Waals surface area (Å²) in [5, 5.41) is 2.83. The Hall–Kier alpha value is -3.15. The third-order valence-corrected chi connectivity index (χ3v) is 9.09.